The van der Waals surface area contributed by atoms with Crippen molar-refractivity contribution in [3.05, 3.63) is 68.7 Å². The van der Waals surface area contributed by atoms with Crippen molar-refractivity contribution >= 4 is 35.3 Å². The quantitative estimate of drug-likeness (QED) is 0.361. The lowest BCUT2D eigenvalue weighted by molar-refractivity contribution is -0.385. The molecule has 29 heavy (non-hydrogen) atoms. The van der Waals surface area contributed by atoms with Crippen molar-refractivity contribution in [1.29, 1.82) is 0 Å². The second-order valence-electron chi connectivity index (χ2n) is 6.45. The SMILES string of the molecule is CC(C)C(NC(=O)c1cccc(Cl)c1)C(=O)N/N=C/c1ccc(O)c([N+](=O)[O-])c1. The van der Waals surface area contributed by atoms with Crippen LogP contribution in [-0.2, 0) is 4.79 Å². The molecule has 0 aliphatic rings. The molecule has 0 fully saturated rings. The van der Waals surface area contributed by atoms with Gasteiger partial charge in [0.25, 0.3) is 11.8 Å². The molecule has 3 N–H and O–H groups in total. The molecule has 0 spiro atoms. The van der Waals surface area contributed by atoms with Gasteiger partial charge < -0.3 is 10.4 Å². The molecular weight excluding hydrogens is 400 g/mol. The van der Waals surface area contributed by atoms with Crippen molar-refractivity contribution in [2.75, 3.05) is 0 Å². The van der Waals surface area contributed by atoms with E-state index < -0.39 is 34.2 Å². The van der Waals surface area contributed by atoms with Gasteiger partial charge in [-0.05, 0) is 36.2 Å². The highest BCUT2D eigenvalue weighted by Crippen LogP contribution is 2.25. The van der Waals surface area contributed by atoms with Crippen molar-refractivity contribution < 1.29 is 19.6 Å². The molecule has 0 saturated heterocycles. The lowest BCUT2D eigenvalue weighted by Gasteiger charge is -2.20. The summed E-state index contributed by atoms with van der Waals surface area (Å²) in [6, 6.07) is 9.13. The van der Waals surface area contributed by atoms with Crippen LogP contribution in [0.5, 0.6) is 5.75 Å². The molecular formula is C19H19ClN4O5. The van der Waals surface area contributed by atoms with Gasteiger partial charge in [-0.1, -0.05) is 31.5 Å². The molecule has 0 bridgehead atoms. The van der Waals surface area contributed by atoms with Gasteiger partial charge >= 0.3 is 5.69 Å². The number of nitro groups is 1. The number of hydrazone groups is 1. The van der Waals surface area contributed by atoms with Crippen LogP contribution in [0.2, 0.25) is 5.02 Å². The summed E-state index contributed by atoms with van der Waals surface area (Å²) in [5.74, 6) is -1.72. The van der Waals surface area contributed by atoms with Crippen molar-refractivity contribution in [3.63, 3.8) is 0 Å². The fourth-order valence-corrected chi connectivity index (χ4v) is 2.59. The van der Waals surface area contributed by atoms with Gasteiger partial charge in [-0.3, -0.25) is 19.7 Å². The number of nitrogens with one attached hydrogen (secondary N) is 2. The Hall–Kier alpha value is -3.46. The summed E-state index contributed by atoms with van der Waals surface area (Å²) in [6.07, 6.45) is 1.19. The summed E-state index contributed by atoms with van der Waals surface area (Å²) in [5, 5.41) is 27.1. The Bertz CT molecular complexity index is 961. The molecule has 0 aliphatic heterocycles. The summed E-state index contributed by atoms with van der Waals surface area (Å²) in [5.41, 5.74) is 2.44. The van der Waals surface area contributed by atoms with Gasteiger partial charge in [0.2, 0.25) is 0 Å². The molecule has 2 aromatic carbocycles. The number of hydrogen-bond acceptors (Lipinski definition) is 6. The number of benzene rings is 2. The Morgan fingerprint density at radius 2 is 1.97 bits per heavy atom. The van der Waals surface area contributed by atoms with E-state index in [1.807, 2.05) is 0 Å². The summed E-state index contributed by atoms with van der Waals surface area (Å²) >= 11 is 5.88. The maximum atomic E-state index is 12.4. The minimum Gasteiger partial charge on any atom is -0.502 e. The molecule has 1 atom stereocenters. The molecule has 0 heterocycles. The molecule has 0 radical (unpaired) electrons. The largest absolute Gasteiger partial charge is 0.502 e. The number of hydrogen-bond donors (Lipinski definition) is 3. The molecule has 10 heteroatoms. The zero-order valence-electron chi connectivity index (χ0n) is 15.6. The second kappa shape index (κ2) is 9.65. The Morgan fingerprint density at radius 3 is 2.59 bits per heavy atom. The molecule has 2 rings (SSSR count). The first-order valence-corrected chi connectivity index (χ1v) is 8.93. The van der Waals surface area contributed by atoms with Crippen LogP contribution in [0.1, 0.15) is 29.8 Å². The number of phenolic OH excluding ortho intramolecular Hbond substituents is 1. The van der Waals surface area contributed by atoms with Crippen LogP contribution in [0, 0.1) is 16.0 Å². The van der Waals surface area contributed by atoms with Crippen LogP contribution in [0.4, 0.5) is 5.69 Å². The molecule has 2 amide bonds. The number of carbonyl (C=O) groups is 2. The number of phenols is 1. The van der Waals surface area contributed by atoms with Crippen LogP contribution >= 0.6 is 11.6 Å². The Labute approximate surface area is 171 Å². The van der Waals surface area contributed by atoms with E-state index in [2.05, 4.69) is 15.8 Å². The Morgan fingerprint density at radius 1 is 1.24 bits per heavy atom. The molecule has 0 aromatic heterocycles. The number of halogens is 1. The number of amides is 2. The van der Waals surface area contributed by atoms with E-state index >= 15 is 0 Å². The Balaban J connectivity index is 2.06. The van der Waals surface area contributed by atoms with Gasteiger partial charge in [0.15, 0.2) is 5.75 Å². The number of rotatable bonds is 7. The zero-order chi connectivity index (χ0) is 21.6. The zero-order valence-corrected chi connectivity index (χ0v) is 16.4. The van der Waals surface area contributed by atoms with E-state index in [1.165, 1.54) is 18.3 Å². The van der Waals surface area contributed by atoms with Crippen LogP contribution in [-0.4, -0.2) is 34.1 Å². The van der Waals surface area contributed by atoms with Crippen molar-refractivity contribution in [2.45, 2.75) is 19.9 Å². The van der Waals surface area contributed by atoms with Gasteiger partial charge in [0.1, 0.15) is 6.04 Å². The fourth-order valence-electron chi connectivity index (χ4n) is 2.40. The van der Waals surface area contributed by atoms with Gasteiger partial charge in [-0.2, -0.15) is 5.10 Å². The highest BCUT2D eigenvalue weighted by Gasteiger charge is 2.24. The number of nitrogens with zero attached hydrogens (tertiary/aromatic N) is 2. The number of carbonyl (C=O) groups excluding carboxylic acids is 2. The second-order valence-corrected chi connectivity index (χ2v) is 6.88. The maximum Gasteiger partial charge on any atom is 0.311 e. The molecule has 0 saturated carbocycles. The summed E-state index contributed by atoms with van der Waals surface area (Å²) < 4.78 is 0. The molecule has 9 nitrogen and oxygen atoms in total. The van der Waals surface area contributed by atoms with Crippen LogP contribution in [0.3, 0.4) is 0 Å². The lowest BCUT2D eigenvalue weighted by atomic mass is 10.0. The molecule has 1 unspecified atom stereocenters. The average Bonchev–Trinajstić information content (AvgIpc) is 2.66. The van der Waals surface area contributed by atoms with E-state index in [1.54, 1.807) is 32.0 Å². The normalized spacial score (nSPS) is 12.0. The van der Waals surface area contributed by atoms with Gasteiger partial charge in [0, 0.05) is 22.2 Å². The highest BCUT2D eigenvalue weighted by molar-refractivity contribution is 6.31. The first-order valence-electron chi connectivity index (χ1n) is 8.55. The maximum absolute atomic E-state index is 12.4. The van der Waals surface area contributed by atoms with E-state index in [9.17, 15) is 24.8 Å². The van der Waals surface area contributed by atoms with Crippen LogP contribution in [0.25, 0.3) is 0 Å². The fraction of sp³-hybridized carbons (Fsp3) is 0.211. The third-order valence-electron chi connectivity index (χ3n) is 3.91. The third kappa shape index (κ3) is 6.01. The van der Waals surface area contributed by atoms with E-state index in [-0.39, 0.29) is 5.92 Å². The summed E-state index contributed by atoms with van der Waals surface area (Å²) in [6.45, 7) is 3.52. The minimum atomic E-state index is -0.868. The van der Waals surface area contributed by atoms with E-state index in [0.717, 1.165) is 12.1 Å². The predicted molar refractivity (Wildman–Crippen MR) is 108 cm³/mol. The topological polar surface area (TPSA) is 134 Å². The minimum absolute atomic E-state index is 0.233. The molecule has 152 valence electrons. The first kappa shape index (κ1) is 21.8. The smallest absolute Gasteiger partial charge is 0.311 e. The summed E-state index contributed by atoms with van der Waals surface area (Å²) in [7, 11) is 0. The van der Waals surface area contributed by atoms with Gasteiger partial charge in [-0.25, -0.2) is 5.43 Å². The van der Waals surface area contributed by atoms with Crippen LogP contribution < -0.4 is 10.7 Å². The van der Waals surface area contributed by atoms with Gasteiger partial charge in [0.05, 0.1) is 11.1 Å². The van der Waals surface area contributed by atoms with E-state index in [0.29, 0.717) is 16.1 Å². The van der Waals surface area contributed by atoms with Gasteiger partial charge in [-0.15, -0.1) is 0 Å². The monoisotopic (exact) mass is 418 g/mol. The lowest BCUT2D eigenvalue weighted by Crippen LogP contribution is -2.48. The predicted octanol–water partition coefficient (Wildman–Crippen LogP) is 2.86. The number of aromatic hydroxyl groups is 1. The van der Waals surface area contributed by atoms with Crippen molar-refractivity contribution in [3.8, 4) is 5.75 Å². The summed E-state index contributed by atoms with van der Waals surface area (Å²) in [4.78, 5) is 34.9. The first-order chi connectivity index (χ1) is 13.7. The van der Waals surface area contributed by atoms with E-state index in [4.69, 9.17) is 11.6 Å². The standard InChI is InChI=1S/C19H19ClN4O5/c1-11(2)17(22-18(26)13-4-3-5-14(20)9-13)19(27)23-21-10-12-6-7-16(25)15(8-12)24(28)29/h3-11,17,25H,1-2H3,(H,22,26)(H,23,27)/b21-10+. The van der Waals surface area contributed by atoms with Crippen molar-refractivity contribution in [1.82, 2.24) is 10.7 Å². The average molecular weight is 419 g/mol. The van der Waals surface area contributed by atoms with Crippen LogP contribution in [0.15, 0.2) is 47.6 Å². The van der Waals surface area contributed by atoms with Crippen molar-refractivity contribution in [2.24, 2.45) is 11.0 Å². The molecule has 2 aromatic rings. The highest BCUT2D eigenvalue weighted by atomic mass is 35.5. The Kier molecular flexibility index (Phi) is 7.27. The number of nitro benzene ring substituents is 1. The third-order valence-corrected chi connectivity index (χ3v) is 4.14. The molecule has 0 aliphatic carbocycles.